The van der Waals surface area contributed by atoms with Crippen molar-refractivity contribution in [2.24, 2.45) is 0 Å². The first-order valence-electron chi connectivity index (χ1n) is 8.36. The van der Waals surface area contributed by atoms with E-state index in [9.17, 15) is 4.79 Å². The van der Waals surface area contributed by atoms with E-state index < -0.39 is 6.09 Å². The highest BCUT2D eigenvalue weighted by molar-refractivity contribution is 5.81. The molecule has 1 amide bonds. The van der Waals surface area contributed by atoms with Gasteiger partial charge >= 0.3 is 6.09 Å². The molecule has 4 rings (SSSR count). The summed E-state index contributed by atoms with van der Waals surface area (Å²) in [6, 6.07) is 4.06. The van der Waals surface area contributed by atoms with Gasteiger partial charge in [-0.15, -0.1) is 0 Å². The van der Waals surface area contributed by atoms with Gasteiger partial charge in [-0.1, -0.05) is 0 Å². The topological polar surface area (TPSA) is 76.8 Å². The highest BCUT2D eigenvalue weighted by Crippen LogP contribution is 2.31. The Morgan fingerprint density at radius 3 is 2.92 bits per heavy atom. The molecular weight excluding hydrogens is 310 g/mol. The van der Waals surface area contributed by atoms with Crippen molar-refractivity contribution >= 4 is 17.0 Å². The minimum Gasteiger partial charge on any atom is -0.486 e. The van der Waals surface area contributed by atoms with Gasteiger partial charge in [-0.25, -0.2) is 9.48 Å². The van der Waals surface area contributed by atoms with Gasteiger partial charge in [0.25, 0.3) is 0 Å². The second-order valence-corrected chi connectivity index (χ2v) is 6.51. The van der Waals surface area contributed by atoms with Crippen molar-refractivity contribution in [1.82, 2.24) is 14.7 Å². The zero-order chi connectivity index (χ0) is 16.7. The largest absolute Gasteiger partial charge is 0.486 e. The second-order valence-electron chi connectivity index (χ2n) is 6.51. The smallest absolute Gasteiger partial charge is 0.407 e. The lowest BCUT2D eigenvalue weighted by Gasteiger charge is -2.37. The van der Waals surface area contributed by atoms with Crippen LogP contribution >= 0.6 is 0 Å². The van der Waals surface area contributed by atoms with Gasteiger partial charge < -0.3 is 19.5 Å². The lowest BCUT2D eigenvalue weighted by atomic mass is 10.1. The Kier molecular flexibility index (Phi) is 3.80. The molecule has 0 spiro atoms. The van der Waals surface area contributed by atoms with Crippen molar-refractivity contribution < 1.29 is 19.4 Å². The number of rotatable bonds is 3. The number of fused-ring (bicyclic) bond motifs is 1. The average Bonchev–Trinajstić information content (AvgIpc) is 2.93. The zero-order valence-electron chi connectivity index (χ0n) is 13.6. The molecule has 1 N–H and O–H groups in total. The van der Waals surface area contributed by atoms with E-state index in [1.807, 2.05) is 23.9 Å². The molecule has 3 heterocycles. The Morgan fingerprint density at radius 2 is 2.21 bits per heavy atom. The first-order chi connectivity index (χ1) is 11.6. The fourth-order valence-electron chi connectivity index (χ4n) is 3.31. The minimum atomic E-state index is -0.894. The van der Waals surface area contributed by atoms with Crippen LogP contribution in [0.5, 0.6) is 5.75 Å². The van der Waals surface area contributed by atoms with Crippen LogP contribution < -0.4 is 4.74 Å². The lowest BCUT2D eigenvalue weighted by molar-refractivity contribution is -0.0367. The number of nitrogens with zero attached hydrogens (tertiary/aromatic N) is 3. The van der Waals surface area contributed by atoms with Crippen molar-refractivity contribution in [1.29, 1.82) is 0 Å². The fraction of sp³-hybridized carbons (Fsp3) is 0.529. The molecule has 1 aromatic heterocycles. The summed E-state index contributed by atoms with van der Waals surface area (Å²) in [6.45, 7) is 3.60. The van der Waals surface area contributed by atoms with E-state index in [0.717, 1.165) is 48.1 Å². The third-order valence-electron chi connectivity index (χ3n) is 4.73. The van der Waals surface area contributed by atoms with Crippen LogP contribution in [0.2, 0.25) is 0 Å². The van der Waals surface area contributed by atoms with Crippen molar-refractivity contribution in [2.75, 3.05) is 19.7 Å². The van der Waals surface area contributed by atoms with Crippen molar-refractivity contribution in [3.05, 3.63) is 23.9 Å². The van der Waals surface area contributed by atoms with Gasteiger partial charge in [-0.05, 0) is 37.8 Å². The third-order valence-corrected chi connectivity index (χ3v) is 4.73. The van der Waals surface area contributed by atoms with Crippen LogP contribution in [0.4, 0.5) is 4.79 Å². The summed E-state index contributed by atoms with van der Waals surface area (Å²) in [7, 11) is 0. The van der Waals surface area contributed by atoms with Gasteiger partial charge in [0.05, 0.1) is 24.8 Å². The monoisotopic (exact) mass is 331 g/mol. The minimum absolute atomic E-state index is 0.0157. The Bertz CT molecular complexity index is 761. The molecule has 2 aliphatic heterocycles. The van der Waals surface area contributed by atoms with Crippen molar-refractivity contribution in [2.45, 2.75) is 38.5 Å². The van der Waals surface area contributed by atoms with Crippen LogP contribution in [0, 0.1) is 6.92 Å². The maximum absolute atomic E-state index is 10.9. The molecule has 1 unspecified atom stereocenters. The normalized spacial score (nSPS) is 21.7. The van der Waals surface area contributed by atoms with E-state index in [1.54, 1.807) is 0 Å². The van der Waals surface area contributed by atoms with Crippen molar-refractivity contribution in [3.8, 4) is 5.75 Å². The number of benzene rings is 1. The van der Waals surface area contributed by atoms with Crippen LogP contribution in [-0.2, 0) is 4.74 Å². The maximum Gasteiger partial charge on any atom is 0.407 e. The molecule has 2 aliphatic rings. The number of likely N-dealkylation sites (tertiary alicyclic amines) is 1. The molecule has 7 nitrogen and oxygen atoms in total. The second kappa shape index (κ2) is 5.98. The van der Waals surface area contributed by atoms with Gasteiger partial charge in [0.1, 0.15) is 11.9 Å². The molecule has 2 aromatic rings. The highest BCUT2D eigenvalue weighted by atomic mass is 16.5. The number of carboxylic acid groups (broad SMARTS) is 1. The molecule has 0 bridgehead atoms. The van der Waals surface area contributed by atoms with Crippen molar-refractivity contribution in [3.63, 3.8) is 0 Å². The quantitative estimate of drug-likeness (QED) is 0.936. The number of amides is 1. The van der Waals surface area contributed by atoms with Crippen LogP contribution in [0.1, 0.15) is 31.1 Å². The summed E-state index contributed by atoms with van der Waals surface area (Å²) in [5.74, 6) is 0.787. The van der Waals surface area contributed by atoms with E-state index in [1.165, 1.54) is 4.90 Å². The summed E-state index contributed by atoms with van der Waals surface area (Å²) in [6.07, 6.45) is 4.09. The van der Waals surface area contributed by atoms with Crippen LogP contribution in [0.25, 0.3) is 10.9 Å². The van der Waals surface area contributed by atoms with E-state index in [4.69, 9.17) is 14.6 Å². The number of hydrogen-bond acceptors (Lipinski definition) is 4. The predicted molar refractivity (Wildman–Crippen MR) is 87.3 cm³/mol. The van der Waals surface area contributed by atoms with E-state index >= 15 is 0 Å². The summed E-state index contributed by atoms with van der Waals surface area (Å²) < 4.78 is 13.8. The molecule has 0 saturated carbocycles. The Balaban J connectivity index is 1.57. The predicted octanol–water partition coefficient (Wildman–Crippen LogP) is 2.78. The summed E-state index contributed by atoms with van der Waals surface area (Å²) in [5.41, 5.74) is 2.03. The first kappa shape index (κ1) is 15.3. The number of aryl methyl sites for hydroxylation is 1. The van der Waals surface area contributed by atoms with Crippen LogP contribution in [0.3, 0.4) is 0 Å². The van der Waals surface area contributed by atoms with E-state index in [0.29, 0.717) is 13.1 Å². The number of ether oxygens (including phenoxy) is 2. The number of aromatic nitrogens is 2. The van der Waals surface area contributed by atoms with E-state index in [-0.39, 0.29) is 12.3 Å². The summed E-state index contributed by atoms with van der Waals surface area (Å²) >= 11 is 0. The Labute approximate surface area is 139 Å². The molecule has 128 valence electrons. The molecule has 0 aliphatic carbocycles. The molecule has 2 saturated heterocycles. The van der Waals surface area contributed by atoms with Crippen LogP contribution in [-0.4, -0.2) is 51.7 Å². The zero-order valence-corrected chi connectivity index (χ0v) is 13.6. The molecule has 24 heavy (non-hydrogen) atoms. The van der Waals surface area contributed by atoms with Gasteiger partial charge in [0.15, 0.2) is 6.23 Å². The maximum atomic E-state index is 10.9. The lowest BCUT2D eigenvalue weighted by Crippen LogP contribution is -2.55. The van der Waals surface area contributed by atoms with Gasteiger partial charge in [0, 0.05) is 18.1 Å². The average molecular weight is 331 g/mol. The fourth-order valence-corrected chi connectivity index (χ4v) is 3.31. The van der Waals surface area contributed by atoms with Gasteiger partial charge in [0.2, 0.25) is 0 Å². The van der Waals surface area contributed by atoms with E-state index in [2.05, 4.69) is 11.2 Å². The molecule has 7 heteroatoms. The standard InChI is InChI=1S/C17H21N3O4/c1-11-6-12-8-18-20(16-4-2-3-5-23-16)14(12)7-15(11)24-13-9-19(10-13)17(21)22/h6-8,13,16H,2-5,9-10H2,1H3,(H,21,22). The number of hydrogen-bond donors (Lipinski definition) is 1. The molecule has 2 fully saturated rings. The third kappa shape index (κ3) is 2.69. The molecule has 1 atom stereocenters. The Morgan fingerprint density at radius 1 is 1.38 bits per heavy atom. The summed E-state index contributed by atoms with van der Waals surface area (Å²) in [4.78, 5) is 12.2. The van der Waals surface area contributed by atoms with Gasteiger partial charge in [-0.2, -0.15) is 5.10 Å². The highest BCUT2D eigenvalue weighted by Gasteiger charge is 2.32. The van der Waals surface area contributed by atoms with Crippen LogP contribution in [0.15, 0.2) is 18.3 Å². The Hall–Kier alpha value is -2.28. The SMILES string of the molecule is Cc1cc2cnn(C3CCCCO3)c2cc1OC1CN(C(=O)O)C1. The number of carbonyl (C=O) groups is 1. The molecule has 0 radical (unpaired) electrons. The molecule has 1 aromatic carbocycles. The van der Waals surface area contributed by atoms with Gasteiger partial charge in [-0.3, -0.25) is 0 Å². The summed E-state index contributed by atoms with van der Waals surface area (Å²) in [5, 5.41) is 14.5. The first-order valence-corrected chi connectivity index (χ1v) is 8.36. The molecular formula is C17H21N3O4.